The second-order valence-corrected chi connectivity index (χ2v) is 4.11. The predicted octanol–water partition coefficient (Wildman–Crippen LogP) is 2.47. The highest BCUT2D eigenvalue weighted by molar-refractivity contribution is 9.10. The van der Waals surface area contributed by atoms with E-state index in [4.69, 9.17) is 16.3 Å². The van der Waals surface area contributed by atoms with E-state index in [1.807, 2.05) is 0 Å². The lowest BCUT2D eigenvalue weighted by Gasteiger charge is -2.09. The van der Waals surface area contributed by atoms with Gasteiger partial charge in [0.05, 0.1) is 9.50 Å². The SMILES string of the molecule is COC(C)C(=O)Nc1cc(Cl)c(Br)cn1. The van der Waals surface area contributed by atoms with Gasteiger partial charge in [-0.25, -0.2) is 4.98 Å². The smallest absolute Gasteiger partial charge is 0.254 e. The third-order valence-corrected chi connectivity index (χ3v) is 2.96. The summed E-state index contributed by atoms with van der Waals surface area (Å²) in [4.78, 5) is 15.4. The number of halogens is 2. The monoisotopic (exact) mass is 292 g/mol. The van der Waals surface area contributed by atoms with Crippen LogP contribution in [-0.4, -0.2) is 24.1 Å². The lowest BCUT2D eigenvalue weighted by atomic mass is 10.3. The van der Waals surface area contributed by atoms with Gasteiger partial charge >= 0.3 is 0 Å². The lowest BCUT2D eigenvalue weighted by molar-refractivity contribution is -0.124. The van der Waals surface area contributed by atoms with Crippen LogP contribution >= 0.6 is 27.5 Å². The van der Waals surface area contributed by atoms with Gasteiger partial charge in [0, 0.05) is 19.4 Å². The summed E-state index contributed by atoms with van der Waals surface area (Å²) < 4.78 is 5.54. The second kappa shape index (κ2) is 5.44. The number of amides is 1. The first kappa shape index (κ1) is 12.4. The number of nitrogens with one attached hydrogen (secondary N) is 1. The average Bonchev–Trinajstić information content (AvgIpc) is 2.22. The first-order valence-electron chi connectivity index (χ1n) is 4.19. The van der Waals surface area contributed by atoms with E-state index in [1.165, 1.54) is 13.3 Å². The van der Waals surface area contributed by atoms with E-state index in [1.54, 1.807) is 13.0 Å². The van der Waals surface area contributed by atoms with Gasteiger partial charge in [-0.3, -0.25) is 4.79 Å². The van der Waals surface area contributed by atoms with E-state index >= 15 is 0 Å². The number of anilines is 1. The van der Waals surface area contributed by atoms with Gasteiger partial charge in [-0.05, 0) is 22.9 Å². The van der Waals surface area contributed by atoms with Crippen LogP contribution in [0, 0.1) is 0 Å². The number of carbonyl (C=O) groups is 1. The highest BCUT2D eigenvalue weighted by atomic mass is 79.9. The molecule has 0 aliphatic carbocycles. The zero-order valence-corrected chi connectivity index (χ0v) is 10.6. The summed E-state index contributed by atoms with van der Waals surface area (Å²) >= 11 is 9.05. The number of ether oxygens (including phenoxy) is 1. The fraction of sp³-hybridized carbons (Fsp3) is 0.333. The van der Waals surface area contributed by atoms with E-state index < -0.39 is 6.10 Å². The molecule has 0 bridgehead atoms. The molecule has 1 amide bonds. The van der Waals surface area contributed by atoms with Gasteiger partial charge in [0.15, 0.2) is 0 Å². The van der Waals surface area contributed by atoms with E-state index in [9.17, 15) is 4.79 Å². The van der Waals surface area contributed by atoms with Crippen LogP contribution in [0.25, 0.3) is 0 Å². The summed E-state index contributed by atoms with van der Waals surface area (Å²) in [6, 6.07) is 1.56. The first-order chi connectivity index (χ1) is 7.04. The van der Waals surface area contributed by atoms with Gasteiger partial charge < -0.3 is 10.1 Å². The molecule has 4 nitrogen and oxygen atoms in total. The summed E-state index contributed by atoms with van der Waals surface area (Å²) in [6.45, 7) is 1.65. The molecule has 0 saturated carbocycles. The molecule has 1 heterocycles. The average molecular weight is 294 g/mol. The van der Waals surface area contributed by atoms with Crippen molar-refractivity contribution < 1.29 is 9.53 Å². The predicted molar refractivity (Wildman–Crippen MR) is 62.0 cm³/mol. The van der Waals surface area contributed by atoms with Crippen LogP contribution < -0.4 is 5.32 Å². The quantitative estimate of drug-likeness (QED) is 0.931. The van der Waals surface area contributed by atoms with Crippen molar-refractivity contribution in [2.24, 2.45) is 0 Å². The maximum atomic E-state index is 11.4. The molecule has 6 heteroatoms. The molecule has 1 N–H and O–H groups in total. The van der Waals surface area contributed by atoms with Crippen molar-refractivity contribution >= 4 is 39.3 Å². The van der Waals surface area contributed by atoms with E-state index in [0.29, 0.717) is 15.3 Å². The largest absolute Gasteiger partial charge is 0.372 e. The van der Waals surface area contributed by atoms with Gasteiger partial charge in [-0.2, -0.15) is 0 Å². The van der Waals surface area contributed by atoms with Gasteiger partial charge in [-0.1, -0.05) is 11.6 Å². The number of pyridine rings is 1. The Labute approximate surface area is 101 Å². The molecule has 1 aromatic heterocycles. The minimum atomic E-state index is -0.519. The molecule has 0 radical (unpaired) electrons. The summed E-state index contributed by atoms with van der Waals surface area (Å²) in [7, 11) is 1.46. The Hall–Kier alpha value is -0.650. The summed E-state index contributed by atoms with van der Waals surface area (Å²) in [5.41, 5.74) is 0. The van der Waals surface area contributed by atoms with Crippen LogP contribution in [0.1, 0.15) is 6.92 Å². The molecule has 0 fully saturated rings. The Morgan fingerprint density at radius 2 is 2.40 bits per heavy atom. The topological polar surface area (TPSA) is 51.2 Å². The molecular weight excluding hydrogens is 283 g/mol. The van der Waals surface area contributed by atoms with Crippen LogP contribution in [-0.2, 0) is 9.53 Å². The Morgan fingerprint density at radius 1 is 1.73 bits per heavy atom. The fourth-order valence-electron chi connectivity index (χ4n) is 0.817. The molecule has 0 aliphatic heterocycles. The van der Waals surface area contributed by atoms with Crippen LogP contribution in [0.3, 0.4) is 0 Å². The number of hydrogen-bond acceptors (Lipinski definition) is 3. The van der Waals surface area contributed by atoms with E-state index in [-0.39, 0.29) is 5.91 Å². The zero-order valence-electron chi connectivity index (χ0n) is 8.25. The molecule has 1 rings (SSSR count). The summed E-state index contributed by atoms with van der Waals surface area (Å²) in [5, 5.41) is 3.07. The first-order valence-corrected chi connectivity index (χ1v) is 5.36. The van der Waals surface area contributed by atoms with Crippen molar-refractivity contribution in [2.75, 3.05) is 12.4 Å². The third-order valence-electron chi connectivity index (χ3n) is 1.78. The highest BCUT2D eigenvalue weighted by Crippen LogP contribution is 2.23. The molecule has 0 spiro atoms. The number of nitrogens with zero attached hydrogens (tertiary/aromatic N) is 1. The van der Waals surface area contributed by atoms with Gasteiger partial charge in [0.1, 0.15) is 11.9 Å². The number of hydrogen-bond donors (Lipinski definition) is 1. The van der Waals surface area contributed by atoms with Gasteiger partial charge in [0.25, 0.3) is 5.91 Å². The molecule has 1 atom stereocenters. The Bertz CT molecular complexity index is 373. The normalized spacial score (nSPS) is 12.3. The van der Waals surface area contributed by atoms with Crippen LogP contribution in [0.15, 0.2) is 16.7 Å². The van der Waals surface area contributed by atoms with Crippen molar-refractivity contribution in [2.45, 2.75) is 13.0 Å². The molecule has 0 aliphatic rings. The summed E-state index contributed by atoms with van der Waals surface area (Å²) in [5.74, 6) is 0.139. The van der Waals surface area contributed by atoms with Crippen LogP contribution in [0.5, 0.6) is 0 Å². The summed E-state index contributed by atoms with van der Waals surface area (Å²) in [6.07, 6.45) is 1.00. The van der Waals surface area contributed by atoms with Crippen molar-refractivity contribution in [1.82, 2.24) is 4.98 Å². The Kier molecular flexibility index (Phi) is 4.50. The fourth-order valence-corrected chi connectivity index (χ4v) is 1.19. The molecule has 0 aromatic carbocycles. The van der Waals surface area contributed by atoms with Crippen LogP contribution in [0.2, 0.25) is 5.02 Å². The molecule has 15 heavy (non-hydrogen) atoms. The minimum absolute atomic E-state index is 0.261. The number of methoxy groups -OCH3 is 1. The standard InChI is InChI=1S/C9H10BrClN2O2/c1-5(15-2)9(14)13-8-3-7(11)6(10)4-12-8/h3-5H,1-2H3,(H,12,13,14). The number of rotatable bonds is 3. The molecular formula is C9H10BrClN2O2. The van der Waals surface area contributed by atoms with Gasteiger partial charge in [0.2, 0.25) is 0 Å². The lowest BCUT2D eigenvalue weighted by Crippen LogP contribution is -2.26. The maximum absolute atomic E-state index is 11.4. The number of aromatic nitrogens is 1. The van der Waals surface area contributed by atoms with E-state index in [0.717, 1.165) is 0 Å². The minimum Gasteiger partial charge on any atom is -0.372 e. The molecule has 0 saturated heterocycles. The van der Waals surface area contributed by atoms with Crippen LogP contribution in [0.4, 0.5) is 5.82 Å². The molecule has 1 unspecified atom stereocenters. The Morgan fingerprint density at radius 3 is 2.93 bits per heavy atom. The maximum Gasteiger partial charge on any atom is 0.254 e. The second-order valence-electron chi connectivity index (χ2n) is 2.85. The highest BCUT2D eigenvalue weighted by Gasteiger charge is 2.12. The van der Waals surface area contributed by atoms with Crippen molar-refractivity contribution in [1.29, 1.82) is 0 Å². The van der Waals surface area contributed by atoms with Crippen molar-refractivity contribution in [3.05, 3.63) is 21.8 Å². The molecule has 82 valence electrons. The van der Waals surface area contributed by atoms with Crippen molar-refractivity contribution in [3.63, 3.8) is 0 Å². The van der Waals surface area contributed by atoms with Crippen molar-refractivity contribution in [3.8, 4) is 0 Å². The van der Waals surface area contributed by atoms with Gasteiger partial charge in [-0.15, -0.1) is 0 Å². The number of carbonyl (C=O) groups excluding carboxylic acids is 1. The zero-order chi connectivity index (χ0) is 11.4. The molecule has 1 aromatic rings. The third kappa shape index (κ3) is 3.44. The van der Waals surface area contributed by atoms with E-state index in [2.05, 4.69) is 26.2 Å². The Balaban J connectivity index is 2.73.